The number of fused-ring (bicyclic) bond motifs is 1. The average molecular weight is 414 g/mol. The molecule has 1 heterocycles. The standard InChI is InChI=1S/C24H22N4O3/c1-30-19-8-3-16(4-9-19)13-23-26-21-12-7-18(14-22(21)27-23)24(29)28-25-15-17-5-10-20(31-2)11-6-17/h3-12,14-15H,13H2,1-2H3,(H,26,27)(H,28,29)/b25-15-. The highest BCUT2D eigenvalue weighted by molar-refractivity contribution is 5.97. The van der Waals surface area contributed by atoms with E-state index in [0.717, 1.165) is 39.5 Å². The number of carbonyl (C=O) groups is 1. The molecule has 2 N–H and O–H groups in total. The van der Waals surface area contributed by atoms with Crippen molar-refractivity contribution in [1.29, 1.82) is 0 Å². The number of hydrogen-bond acceptors (Lipinski definition) is 5. The zero-order valence-electron chi connectivity index (χ0n) is 17.3. The summed E-state index contributed by atoms with van der Waals surface area (Å²) < 4.78 is 10.3. The van der Waals surface area contributed by atoms with Crippen LogP contribution in [0.1, 0.15) is 27.3 Å². The van der Waals surface area contributed by atoms with Crippen molar-refractivity contribution in [1.82, 2.24) is 15.4 Å². The highest BCUT2D eigenvalue weighted by Gasteiger charge is 2.09. The van der Waals surface area contributed by atoms with E-state index in [1.807, 2.05) is 54.6 Å². The van der Waals surface area contributed by atoms with Gasteiger partial charge >= 0.3 is 0 Å². The molecule has 0 aliphatic carbocycles. The Morgan fingerprint density at radius 1 is 1.00 bits per heavy atom. The number of amides is 1. The van der Waals surface area contributed by atoms with Crippen LogP contribution in [0.4, 0.5) is 0 Å². The normalized spacial score (nSPS) is 11.0. The van der Waals surface area contributed by atoms with E-state index >= 15 is 0 Å². The summed E-state index contributed by atoms with van der Waals surface area (Å²) in [6, 6.07) is 20.6. The first-order valence-corrected chi connectivity index (χ1v) is 9.73. The molecular weight excluding hydrogens is 392 g/mol. The van der Waals surface area contributed by atoms with Gasteiger partial charge in [0.25, 0.3) is 5.91 Å². The lowest BCUT2D eigenvalue weighted by molar-refractivity contribution is 0.0955. The highest BCUT2D eigenvalue weighted by Crippen LogP contribution is 2.18. The van der Waals surface area contributed by atoms with Crippen LogP contribution in [0.25, 0.3) is 11.0 Å². The number of rotatable bonds is 7. The number of aromatic nitrogens is 2. The fourth-order valence-corrected chi connectivity index (χ4v) is 3.14. The number of hydrogen-bond donors (Lipinski definition) is 2. The van der Waals surface area contributed by atoms with Crippen molar-refractivity contribution in [3.8, 4) is 11.5 Å². The van der Waals surface area contributed by atoms with E-state index in [0.29, 0.717) is 12.0 Å². The minimum Gasteiger partial charge on any atom is -0.497 e. The molecule has 0 aliphatic rings. The molecule has 0 fully saturated rings. The minimum absolute atomic E-state index is 0.294. The summed E-state index contributed by atoms with van der Waals surface area (Å²) in [5, 5.41) is 4.03. The van der Waals surface area contributed by atoms with Gasteiger partial charge in [0.2, 0.25) is 0 Å². The predicted octanol–water partition coefficient (Wildman–Crippen LogP) is 3.93. The third-order valence-corrected chi connectivity index (χ3v) is 4.82. The third-order valence-electron chi connectivity index (χ3n) is 4.82. The van der Waals surface area contributed by atoms with Crippen molar-refractivity contribution in [3.63, 3.8) is 0 Å². The van der Waals surface area contributed by atoms with E-state index < -0.39 is 0 Å². The second kappa shape index (κ2) is 9.13. The van der Waals surface area contributed by atoms with Crippen LogP contribution in [0.15, 0.2) is 71.8 Å². The van der Waals surface area contributed by atoms with Crippen molar-refractivity contribution < 1.29 is 14.3 Å². The van der Waals surface area contributed by atoms with Gasteiger partial charge in [0.05, 0.1) is 31.5 Å². The maximum absolute atomic E-state index is 12.4. The van der Waals surface area contributed by atoms with Crippen molar-refractivity contribution in [2.45, 2.75) is 6.42 Å². The second-order valence-corrected chi connectivity index (χ2v) is 6.91. The zero-order chi connectivity index (χ0) is 21.6. The molecule has 0 unspecified atom stereocenters. The largest absolute Gasteiger partial charge is 0.497 e. The van der Waals surface area contributed by atoms with Crippen LogP contribution in [0.5, 0.6) is 11.5 Å². The van der Waals surface area contributed by atoms with E-state index in [2.05, 4.69) is 20.5 Å². The molecule has 1 amide bonds. The van der Waals surface area contributed by atoms with Crippen molar-refractivity contribution >= 4 is 23.2 Å². The molecule has 0 radical (unpaired) electrons. The zero-order valence-corrected chi connectivity index (χ0v) is 17.3. The summed E-state index contributed by atoms with van der Waals surface area (Å²) in [5.41, 5.74) is 6.63. The molecule has 0 saturated carbocycles. The van der Waals surface area contributed by atoms with Gasteiger partial charge in [-0.05, 0) is 65.7 Å². The molecule has 156 valence electrons. The second-order valence-electron chi connectivity index (χ2n) is 6.91. The van der Waals surface area contributed by atoms with Crippen molar-refractivity contribution in [2.75, 3.05) is 14.2 Å². The molecule has 0 spiro atoms. The van der Waals surface area contributed by atoms with Gasteiger partial charge in [0.15, 0.2) is 0 Å². The molecule has 7 nitrogen and oxygen atoms in total. The van der Waals surface area contributed by atoms with Crippen LogP contribution in [0.2, 0.25) is 0 Å². The van der Waals surface area contributed by atoms with Gasteiger partial charge in [-0.3, -0.25) is 4.79 Å². The number of hydrazone groups is 1. The van der Waals surface area contributed by atoms with Crippen LogP contribution in [-0.4, -0.2) is 36.3 Å². The molecule has 1 aromatic heterocycles. The van der Waals surface area contributed by atoms with Crippen molar-refractivity contribution in [3.05, 3.63) is 89.2 Å². The maximum atomic E-state index is 12.4. The molecule has 3 aromatic carbocycles. The number of nitrogens with zero attached hydrogens (tertiary/aromatic N) is 2. The number of H-pyrrole nitrogens is 1. The smallest absolute Gasteiger partial charge is 0.271 e. The fourth-order valence-electron chi connectivity index (χ4n) is 3.14. The maximum Gasteiger partial charge on any atom is 0.271 e. The first-order chi connectivity index (χ1) is 15.1. The Balaban J connectivity index is 1.42. The number of aromatic amines is 1. The van der Waals surface area contributed by atoms with Gasteiger partial charge in [-0.25, -0.2) is 10.4 Å². The predicted molar refractivity (Wildman–Crippen MR) is 120 cm³/mol. The highest BCUT2D eigenvalue weighted by atomic mass is 16.5. The minimum atomic E-state index is -0.294. The van der Waals surface area contributed by atoms with E-state index in [4.69, 9.17) is 9.47 Å². The summed E-state index contributed by atoms with van der Waals surface area (Å²) in [5.74, 6) is 2.12. The van der Waals surface area contributed by atoms with Crippen LogP contribution in [0, 0.1) is 0 Å². The fraction of sp³-hybridized carbons (Fsp3) is 0.125. The number of carbonyl (C=O) groups excluding carboxylic acids is 1. The monoisotopic (exact) mass is 414 g/mol. The van der Waals surface area contributed by atoms with Gasteiger partial charge in [-0.15, -0.1) is 0 Å². The Hall–Kier alpha value is -4.13. The van der Waals surface area contributed by atoms with Crippen molar-refractivity contribution in [2.24, 2.45) is 5.10 Å². The molecule has 4 aromatic rings. The van der Waals surface area contributed by atoms with Gasteiger partial charge in [0.1, 0.15) is 17.3 Å². The van der Waals surface area contributed by atoms with Crippen LogP contribution in [0.3, 0.4) is 0 Å². The molecule has 31 heavy (non-hydrogen) atoms. The molecule has 7 heteroatoms. The van der Waals surface area contributed by atoms with Gasteiger partial charge in [0, 0.05) is 12.0 Å². The van der Waals surface area contributed by atoms with E-state index in [1.54, 1.807) is 32.6 Å². The number of nitrogens with one attached hydrogen (secondary N) is 2. The Bertz CT molecular complexity index is 1210. The van der Waals surface area contributed by atoms with Crippen LogP contribution in [-0.2, 0) is 6.42 Å². The van der Waals surface area contributed by atoms with Gasteiger partial charge in [-0.2, -0.15) is 5.10 Å². The summed E-state index contributed by atoms with van der Waals surface area (Å²) >= 11 is 0. The molecule has 0 atom stereocenters. The Morgan fingerprint density at radius 3 is 2.35 bits per heavy atom. The first kappa shape index (κ1) is 20.2. The van der Waals surface area contributed by atoms with Gasteiger partial charge in [-0.1, -0.05) is 12.1 Å². The number of ether oxygens (including phenoxy) is 2. The lowest BCUT2D eigenvalue weighted by Crippen LogP contribution is -2.17. The first-order valence-electron chi connectivity index (χ1n) is 9.73. The summed E-state index contributed by atoms with van der Waals surface area (Å²) in [4.78, 5) is 20.3. The third kappa shape index (κ3) is 4.90. The Labute approximate surface area is 179 Å². The van der Waals surface area contributed by atoms with E-state index in [-0.39, 0.29) is 5.91 Å². The number of methoxy groups -OCH3 is 2. The molecular formula is C24H22N4O3. The average Bonchev–Trinajstić information content (AvgIpc) is 3.21. The molecule has 0 saturated heterocycles. The summed E-state index contributed by atoms with van der Waals surface area (Å²) in [6.45, 7) is 0. The molecule has 4 rings (SSSR count). The topological polar surface area (TPSA) is 88.6 Å². The van der Waals surface area contributed by atoms with E-state index in [9.17, 15) is 4.79 Å². The van der Waals surface area contributed by atoms with Gasteiger partial charge < -0.3 is 14.5 Å². The van der Waals surface area contributed by atoms with E-state index in [1.165, 1.54) is 0 Å². The lowest BCUT2D eigenvalue weighted by Gasteiger charge is -2.01. The summed E-state index contributed by atoms with van der Waals surface area (Å²) in [7, 11) is 3.26. The molecule has 0 bridgehead atoms. The Morgan fingerprint density at radius 2 is 1.68 bits per heavy atom. The Kier molecular flexibility index (Phi) is 5.93. The quantitative estimate of drug-likeness (QED) is 0.354. The molecule has 0 aliphatic heterocycles. The van der Waals surface area contributed by atoms with Crippen LogP contribution < -0.4 is 14.9 Å². The number of imidazole rings is 1. The lowest BCUT2D eigenvalue weighted by atomic mass is 10.1. The SMILES string of the molecule is COc1ccc(/C=N\NC(=O)c2ccc3nc(Cc4ccc(OC)cc4)[nH]c3c2)cc1. The summed E-state index contributed by atoms with van der Waals surface area (Å²) in [6.07, 6.45) is 2.24. The van der Waals surface area contributed by atoms with Crippen LogP contribution >= 0.6 is 0 Å². The number of benzene rings is 3.